The van der Waals surface area contributed by atoms with E-state index in [-0.39, 0.29) is 30.1 Å². The van der Waals surface area contributed by atoms with Crippen LogP contribution in [-0.4, -0.2) is 60.4 Å². The van der Waals surface area contributed by atoms with Crippen LogP contribution in [0.15, 0.2) is 47.7 Å². The van der Waals surface area contributed by atoms with E-state index in [1.807, 2.05) is 13.8 Å². The molecule has 2 atom stereocenters. The number of hydrogen-bond acceptors (Lipinski definition) is 6. The van der Waals surface area contributed by atoms with Crippen molar-refractivity contribution in [1.29, 1.82) is 0 Å². The van der Waals surface area contributed by atoms with E-state index in [9.17, 15) is 18.0 Å². The number of carbonyl (C=O) groups is 1. The van der Waals surface area contributed by atoms with Crippen molar-refractivity contribution in [2.45, 2.75) is 51.1 Å². The van der Waals surface area contributed by atoms with Crippen molar-refractivity contribution in [1.82, 2.24) is 25.8 Å². The van der Waals surface area contributed by atoms with Crippen molar-refractivity contribution in [3.63, 3.8) is 0 Å². The number of likely N-dealkylation sites (tertiary alicyclic amines) is 1. The summed E-state index contributed by atoms with van der Waals surface area (Å²) in [6.07, 6.45) is 1.80. The number of pyridine rings is 1. The Morgan fingerprint density at radius 2 is 1.84 bits per heavy atom. The van der Waals surface area contributed by atoms with Crippen molar-refractivity contribution < 1.29 is 18.0 Å². The lowest BCUT2D eigenvalue weighted by atomic mass is 10.00. The molecule has 1 saturated heterocycles. The predicted octanol–water partition coefficient (Wildman–Crippen LogP) is 4.40. The predicted molar refractivity (Wildman–Crippen MR) is 143 cm³/mol. The molecule has 7 nitrogen and oxygen atoms in total. The van der Waals surface area contributed by atoms with Gasteiger partial charge in [0.2, 0.25) is 5.91 Å². The van der Waals surface area contributed by atoms with Crippen molar-refractivity contribution in [3.05, 3.63) is 64.4 Å². The first-order valence-electron chi connectivity index (χ1n) is 12.6. The van der Waals surface area contributed by atoms with Gasteiger partial charge in [0, 0.05) is 48.9 Å². The van der Waals surface area contributed by atoms with E-state index in [0.29, 0.717) is 27.5 Å². The molecule has 1 aromatic heterocycles. The topological polar surface area (TPSA) is 81.7 Å². The second-order valence-electron chi connectivity index (χ2n) is 9.85. The van der Waals surface area contributed by atoms with Gasteiger partial charge in [0.25, 0.3) is 0 Å². The summed E-state index contributed by atoms with van der Waals surface area (Å²) in [5, 5.41) is 10.1. The van der Waals surface area contributed by atoms with Crippen LogP contribution in [0.2, 0.25) is 5.02 Å². The first kappa shape index (κ1) is 28.1. The van der Waals surface area contributed by atoms with Crippen molar-refractivity contribution >= 4 is 35.1 Å². The minimum absolute atomic E-state index is 0.0111. The number of nitrogens with zero attached hydrogens (tertiary/aromatic N) is 3. The number of piperidine rings is 1. The minimum atomic E-state index is -4.42. The van der Waals surface area contributed by atoms with E-state index in [1.165, 1.54) is 18.3 Å². The molecule has 11 heteroatoms. The molecule has 3 heterocycles. The lowest BCUT2D eigenvalue weighted by Gasteiger charge is -2.39. The molecule has 0 aliphatic carbocycles. The smallest absolute Gasteiger partial charge is 0.363 e. The molecular weight excluding hydrogens is 517 g/mol. The number of aliphatic imine (C=N–C) groups is 1. The molecule has 2 aromatic rings. The van der Waals surface area contributed by atoms with Gasteiger partial charge in [0.05, 0.1) is 28.0 Å². The third-order valence-electron chi connectivity index (χ3n) is 6.93. The Labute approximate surface area is 225 Å². The monoisotopic (exact) mass is 548 g/mol. The zero-order valence-corrected chi connectivity index (χ0v) is 22.3. The van der Waals surface area contributed by atoms with E-state index in [1.54, 1.807) is 25.5 Å². The molecule has 3 N–H and O–H groups in total. The number of hydrogen-bond donors (Lipinski definition) is 3. The second-order valence-corrected chi connectivity index (χ2v) is 10.3. The Kier molecular flexibility index (Phi) is 8.74. The molecule has 1 fully saturated rings. The van der Waals surface area contributed by atoms with E-state index in [0.717, 1.165) is 38.1 Å². The number of carbonyl (C=O) groups excluding carboxylic acids is 1. The Morgan fingerprint density at radius 1 is 1.16 bits per heavy atom. The van der Waals surface area contributed by atoms with Gasteiger partial charge in [-0.2, -0.15) is 13.2 Å². The highest BCUT2D eigenvalue weighted by atomic mass is 35.5. The molecule has 2 aliphatic heterocycles. The number of likely N-dealkylation sites (N-methyl/N-ethyl adjacent to an activating group) is 1. The van der Waals surface area contributed by atoms with Crippen LogP contribution in [0.5, 0.6) is 0 Å². The standard InChI is InChI=1S/C27H32ClF3N6O/c1-16(2)23(32-3)26(38)35-19-9-12-37(13-10-19)22-15-34-24(17-4-6-18(7-5-17)27(29,30)31)25(36-22)20-8-11-33-14-21(20)28/h4-8,11,14-16,19,22-23,32,36H,9-10,12-13H2,1-3H3,(H,35,38)/t22?,23-/m0/s1. The molecule has 0 bridgehead atoms. The highest BCUT2D eigenvalue weighted by molar-refractivity contribution is 6.32. The largest absolute Gasteiger partial charge is 0.416 e. The maximum Gasteiger partial charge on any atom is 0.416 e. The zero-order valence-electron chi connectivity index (χ0n) is 21.5. The van der Waals surface area contributed by atoms with Gasteiger partial charge in [-0.25, -0.2) is 0 Å². The Balaban J connectivity index is 1.51. The van der Waals surface area contributed by atoms with Crippen molar-refractivity contribution in [2.75, 3.05) is 20.1 Å². The van der Waals surface area contributed by atoms with E-state index in [2.05, 4.69) is 30.8 Å². The third-order valence-corrected chi connectivity index (χ3v) is 7.23. The van der Waals surface area contributed by atoms with E-state index in [4.69, 9.17) is 11.6 Å². The highest BCUT2D eigenvalue weighted by Crippen LogP contribution is 2.34. The molecule has 0 radical (unpaired) electrons. The van der Waals surface area contributed by atoms with Crippen LogP contribution < -0.4 is 16.0 Å². The SMILES string of the molecule is CN[C@H](C(=O)NC1CCN(C2C=NC(c3ccc(C(F)(F)F)cc3)=C(c3ccncc3Cl)N2)CC1)C(C)C. The summed E-state index contributed by atoms with van der Waals surface area (Å²) in [6, 6.07) is 6.52. The molecule has 4 rings (SSSR count). The fraction of sp³-hybridized carbons (Fsp3) is 0.444. The van der Waals surface area contributed by atoms with Crippen LogP contribution in [0.25, 0.3) is 11.4 Å². The van der Waals surface area contributed by atoms with Crippen LogP contribution in [0.1, 0.15) is 43.4 Å². The Bertz CT molecular complexity index is 1190. The highest BCUT2D eigenvalue weighted by Gasteiger charge is 2.32. The van der Waals surface area contributed by atoms with Gasteiger partial charge in [-0.15, -0.1) is 0 Å². The third kappa shape index (κ3) is 6.36. The molecule has 1 amide bonds. The van der Waals surface area contributed by atoms with Gasteiger partial charge in [0.1, 0.15) is 6.17 Å². The average Bonchev–Trinajstić information content (AvgIpc) is 2.89. The molecule has 204 valence electrons. The lowest BCUT2D eigenvalue weighted by Crippen LogP contribution is -2.55. The molecular formula is C27H32ClF3N6O. The summed E-state index contributed by atoms with van der Waals surface area (Å²) in [6.45, 7) is 5.48. The van der Waals surface area contributed by atoms with Crippen LogP contribution in [0, 0.1) is 5.92 Å². The maximum atomic E-state index is 13.1. The molecule has 0 saturated carbocycles. The summed E-state index contributed by atoms with van der Waals surface area (Å²) < 4.78 is 39.3. The van der Waals surface area contributed by atoms with Gasteiger partial charge >= 0.3 is 6.18 Å². The van der Waals surface area contributed by atoms with Crippen LogP contribution in [-0.2, 0) is 11.0 Å². The Hall–Kier alpha value is -2.95. The summed E-state index contributed by atoms with van der Waals surface area (Å²) in [4.78, 5) is 23.6. The van der Waals surface area contributed by atoms with E-state index < -0.39 is 11.7 Å². The number of halogens is 4. The summed E-state index contributed by atoms with van der Waals surface area (Å²) in [5.74, 6) is 0.198. The van der Waals surface area contributed by atoms with Gasteiger partial charge in [0.15, 0.2) is 0 Å². The number of rotatable bonds is 7. The fourth-order valence-electron chi connectivity index (χ4n) is 4.85. The molecule has 38 heavy (non-hydrogen) atoms. The minimum Gasteiger partial charge on any atom is -0.363 e. The first-order valence-corrected chi connectivity index (χ1v) is 13.0. The van der Waals surface area contributed by atoms with E-state index >= 15 is 0 Å². The second kappa shape index (κ2) is 11.8. The average molecular weight is 549 g/mol. The van der Waals surface area contributed by atoms with Crippen LogP contribution in [0.3, 0.4) is 0 Å². The number of alkyl halides is 3. The number of nitrogens with one attached hydrogen (secondary N) is 3. The lowest BCUT2D eigenvalue weighted by molar-refractivity contribution is -0.137. The number of amides is 1. The first-order chi connectivity index (χ1) is 18.1. The maximum absolute atomic E-state index is 13.1. The van der Waals surface area contributed by atoms with Gasteiger partial charge in [-0.1, -0.05) is 37.6 Å². The van der Waals surface area contributed by atoms with Gasteiger partial charge in [-0.3, -0.25) is 19.7 Å². The molecule has 2 aliphatic rings. The fourth-order valence-corrected chi connectivity index (χ4v) is 5.06. The van der Waals surface area contributed by atoms with Gasteiger partial charge < -0.3 is 16.0 Å². The number of benzene rings is 1. The molecule has 1 unspecified atom stereocenters. The zero-order chi connectivity index (χ0) is 27.4. The van der Waals surface area contributed by atoms with Crippen molar-refractivity contribution in [2.24, 2.45) is 10.9 Å². The van der Waals surface area contributed by atoms with Crippen molar-refractivity contribution in [3.8, 4) is 0 Å². The Morgan fingerprint density at radius 3 is 2.42 bits per heavy atom. The van der Waals surface area contributed by atoms with Crippen LogP contribution in [0.4, 0.5) is 13.2 Å². The summed E-state index contributed by atoms with van der Waals surface area (Å²) in [5.41, 5.74) is 1.59. The number of aromatic nitrogens is 1. The van der Waals surface area contributed by atoms with Gasteiger partial charge in [-0.05, 0) is 44.0 Å². The molecule has 0 spiro atoms. The van der Waals surface area contributed by atoms with Crippen LogP contribution >= 0.6 is 11.6 Å². The summed E-state index contributed by atoms with van der Waals surface area (Å²) >= 11 is 6.46. The molecule has 1 aromatic carbocycles. The summed E-state index contributed by atoms with van der Waals surface area (Å²) in [7, 11) is 1.79. The quantitative estimate of drug-likeness (QED) is 0.478. The normalized spacial score (nSPS) is 19.9.